The number of nitrogens with one attached hydrogen (secondary N) is 1. The van der Waals surface area contributed by atoms with Crippen LogP contribution in [0.25, 0.3) is 0 Å². The first-order valence-electron chi connectivity index (χ1n) is 7.55. The molecule has 21 heavy (non-hydrogen) atoms. The summed E-state index contributed by atoms with van der Waals surface area (Å²) >= 11 is 0. The molecular formula is C17H25N3O. The first-order chi connectivity index (χ1) is 10.2. The Morgan fingerprint density at radius 2 is 2.05 bits per heavy atom. The van der Waals surface area contributed by atoms with Crippen molar-refractivity contribution < 1.29 is 4.42 Å². The molecule has 0 aliphatic heterocycles. The summed E-state index contributed by atoms with van der Waals surface area (Å²) in [5.74, 6) is 2.05. The number of aromatic nitrogens is 1. The number of nitrogens with zero attached hydrogens (tertiary/aromatic N) is 2. The van der Waals surface area contributed by atoms with Gasteiger partial charge in [0.1, 0.15) is 11.5 Å². The van der Waals surface area contributed by atoms with Crippen LogP contribution in [-0.4, -0.2) is 30.0 Å². The van der Waals surface area contributed by atoms with Gasteiger partial charge in [0, 0.05) is 31.0 Å². The van der Waals surface area contributed by atoms with E-state index in [9.17, 15) is 0 Å². The molecule has 0 fully saturated rings. The molecule has 0 unspecified atom stereocenters. The molecule has 4 nitrogen and oxygen atoms in total. The van der Waals surface area contributed by atoms with E-state index in [0.29, 0.717) is 0 Å². The van der Waals surface area contributed by atoms with Gasteiger partial charge in [0.05, 0.1) is 6.54 Å². The van der Waals surface area contributed by atoms with Crippen molar-refractivity contribution in [3.8, 4) is 0 Å². The van der Waals surface area contributed by atoms with E-state index < -0.39 is 0 Å². The van der Waals surface area contributed by atoms with Gasteiger partial charge in [-0.05, 0) is 50.7 Å². The molecule has 0 aliphatic rings. The van der Waals surface area contributed by atoms with E-state index in [2.05, 4.69) is 47.4 Å². The van der Waals surface area contributed by atoms with E-state index >= 15 is 0 Å². The number of rotatable bonds is 8. The number of hydrogen-bond donors (Lipinski definition) is 1. The van der Waals surface area contributed by atoms with E-state index in [1.54, 1.807) is 0 Å². The summed E-state index contributed by atoms with van der Waals surface area (Å²) in [6, 6.07) is 6.32. The van der Waals surface area contributed by atoms with Crippen molar-refractivity contribution in [3.63, 3.8) is 0 Å². The highest BCUT2D eigenvalue weighted by Gasteiger charge is 2.09. The van der Waals surface area contributed by atoms with Gasteiger partial charge in [0.25, 0.3) is 0 Å². The van der Waals surface area contributed by atoms with Crippen LogP contribution in [0, 0.1) is 6.92 Å². The molecular weight excluding hydrogens is 262 g/mol. The highest BCUT2D eigenvalue weighted by molar-refractivity contribution is 5.20. The molecule has 1 N–H and O–H groups in total. The van der Waals surface area contributed by atoms with Crippen LogP contribution in [0.5, 0.6) is 0 Å². The molecule has 4 heteroatoms. The summed E-state index contributed by atoms with van der Waals surface area (Å²) in [6.07, 6.45) is 4.74. The van der Waals surface area contributed by atoms with Crippen molar-refractivity contribution in [1.29, 1.82) is 0 Å². The molecule has 0 amide bonds. The second-order valence-electron chi connectivity index (χ2n) is 5.42. The molecule has 0 saturated heterocycles. The van der Waals surface area contributed by atoms with Gasteiger partial charge < -0.3 is 14.6 Å². The zero-order valence-corrected chi connectivity index (χ0v) is 13.2. The number of furan rings is 1. The van der Waals surface area contributed by atoms with E-state index in [-0.39, 0.29) is 0 Å². The van der Waals surface area contributed by atoms with Crippen LogP contribution in [0.2, 0.25) is 0 Å². The summed E-state index contributed by atoms with van der Waals surface area (Å²) in [5, 5.41) is 3.29. The molecule has 2 rings (SSSR count). The predicted molar refractivity (Wildman–Crippen MR) is 85.1 cm³/mol. The lowest BCUT2D eigenvalue weighted by Crippen LogP contribution is -2.20. The molecule has 0 aliphatic carbocycles. The highest BCUT2D eigenvalue weighted by atomic mass is 16.3. The minimum Gasteiger partial charge on any atom is -0.465 e. The van der Waals surface area contributed by atoms with Crippen LogP contribution in [-0.2, 0) is 19.5 Å². The maximum Gasteiger partial charge on any atom is 0.118 e. The predicted octanol–water partition coefficient (Wildman–Crippen LogP) is 2.77. The van der Waals surface area contributed by atoms with Gasteiger partial charge in [-0.25, -0.2) is 0 Å². The molecule has 2 aromatic rings. The highest BCUT2D eigenvalue weighted by Crippen LogP contribution is 2.16. The largest absolute Gasteiger partial charge is 0.465 e. The molecule has 114 valence electrons. The lowest BCUT2D eigenvalue weighted by Gasteiger charge is -2.15. The van der Waals surface area contributed by atoms with Crippen molar-refractivity contribution in [2.75, 3.05) is 20.1 Å². The number of likely N-dealkylation sites (N-methyl/N-ethyl adjacent to an activating group) is 1. The Morgan fingerprint density at radius 3 is 2.76 bits per heavy atom. The first-order valence-corrected chi connectivity index (χ1v) is 7.55. The Kier molecular flexibility index (Phi) is 5.96. The topological polar surface area (TPSA) is 41.3 Å². The molecule has 0 radical (unpaired) electrons. The summed E-state index contributed by atoms with van der Waals surface area (Å²) < 4.78 is 5.78. The van der Waals surface area contributed by atoms with Crippen molar-refractivity contribution >= 4 is 0 Å². The normalized spacial score (nSPS) is 11.2. The van der Waals surface area contributed by atoms with Gasteiger partial charge in [0.15, 0.2) is 0 Å². The van der Waals surface area contributed by atoms with E-state index in [4.69, 9.17) is 4.42 Å². The fourth-order valence-corrected chi connectivity index (χ4v) is 2.32. The summed E-state index contributed by atoms with van der Waals surface area (Å²) in [5.41, 5.74) is 2.61. The van der Waals surface area contributed by atoms with E-state index in [1.807, 2.05) is 19.3 Å². The Hall–Kier alpha value is -1.65. The Labute approximate surface area is 127 Å². The standard InChI is InChI=1S/C17H25N3O/c1-4-18-12-17-11-16(14(2)21-17)13-20(3)10-7-15-5-8-19-9-6-15/h5-6,8-9,11,18H,4,7,10,12-13H2,1-3H3. The van der Waals surface area contributed by atoms with Gasteiger partial charge in [-0.15, -0.1) is 0 Å². The average Bonchev–Trinajstić information content (AvgIpc) is 2.84. The summed E-state index contributed by atoms with van der Waals surface area (Å²) in [4.78, 5) is 6.38. The van der Waals surface area contributed by atoms with Crippen LogP contribution in [0.3, 0.4) is 0 Å². The summed E-state index contributed by atoms with van der Waals surface area (Å²) in [6.45, 7) is 7.85. The smallest absolute Gasteiger partial charge is 0.118 e. The van der Waals surface area contributed by atoms with E-state index in [1.165, 1.54) is 11.1 Å². The third kappa shape index (κ3) is 4.99. The second kappa shape index (κ2) is 7.96. The van der Waals surface area contributed by atoms with Crippen molar-refractivity contribution in [2.24, 2.45) is 0 Å². The lowest BCUT2D eigenvalue weighted by molar-refractivity contribution is 0.328. The van der Waals surface area contributed by atoms with Crippen LogP contribution in [0.4, 0.5) is 0 Å². The van der Waals surface area contributed by atoms with Crippen LogP contribution in [0.15, 0.2) is 35.0 Å². The van der Waals surface area contributed by atoms with Gasteiger partial charge >= 0.3 is 0 Å². The Morgan fingerprint density at radius 1 is 1.29 bits per heavy atom. The monoisotopic (exact) mass is 287 g/mol. The number of aryl methyl sites for hydroxylation is 1. The lowest BCUT2D eigenvalue weighted by atomic mass is 10.2. The molecule has 2 heterocycles. The third-order valence-electron chi connectivity index (χ3n) is 3.59. The Bertz CT molecular complexity index is 536. The van der Waals surface area contributed by atoms with Crippen molar-refractivity contribution in [1.82, 2.24) is 15.2 Å². The van der Waals surface area contributed by atoms with Crippen molar-refractivity contribution in [3.05, 3.63) is 53.2 Å². The van der Waals surface area contributed by atoms with Crippen LogP contribution >= 0.6 is 0 Å². The zero-order valence-electron chi connectivity index (χ0n) is 13.2. The minimum atomic E-state index is 0.804. The third-order valence-corrected chi connectivity index (χ3v) is 3.59. The second-order valence-corrected chi connectivity index (χ2v) is 5.42. The fraction of sp³-hybridized carbons (Fsp3) is 0.471. The average molecular weight is 287 g/mol. The van der Waals surface area contributed by atoms with Crippen LogP contribution < -0.4 is 5.32 Å². The van der Waals surface area contributed by atoms with Crippen molar-refractivity contribution in [2.45, 2.75) is 33.4 Å². The first kappa shape index (κ1) is 15.7. The van der Waals surface area contributed by atoms with Gasteiger partial charge in [-0.3, -0.25) is 4.98 Å². The molecule has 0 bridgehead atoms. The minimum absolute atomic E-state index is 0.804. The van der Waals surface area contributed by atoms with Gasteiger partial charge in [0.2, 0.25) is 0 Å². The SMILES string of the molecule is CCNCc1cc(CN(C)CCc2ccncc2)c(C)o1. The summed E-state index contributed by atoms with van der Waals surface area (Å²) in [7, 11) is 2.15. The molecule has 2 aromatic heterocycles. The quantitative estimate of drug-likeness (QED) is 0.810. The fourth-order valence-electron chi connectivity index (χ4n) is 2.32. The maximum absolute atomic E-state index is 5.78. The molecule has 0 saturated carbocycles. The molecule has 0 atom stereocenters. The molecule has 0 spiro atoms. The maximum atomic E-state index is 5.78. The van der Waals surface area contributed by atoms with Crippen LogP contribution in [0.1, 0.15) is 29.6 Å². The number of hydrogen-bond acceptors (Lipinski definition) is 4. The Balaban J connectivity index is 1.84. The zero-order chi connectivity index (χ0) is 15.1. The number of pyridine rings is 1. The van der Waals surface area contributed by atoms with E-state index in [0.717, 1.165) is 44.1 Å². The van der Waals surface area contributed by atoms with Gasteiger partial charge in [-0.1, -0.05) is 6.92 Å². The van der Waals surface area contributed by atoms with Gasteiger partial charge in [-0.2, -0.15) is 0 Å². The molecule has 0 aromatic carbocycles.